The van der Waals surface area contributed by atoms with Crippen LogP contribution in [0.1, 0.15) is 10.6 Å². The Morgan fingerprint density at radius 2 is 2.33 bits per heavy atom. The van der Waals surface area contributed by atoms with Gasteiger partial charge < -0.3 is 9.13 Å². The molecule has 2 aromatic heterocycles. The monoisotopic (exact) mass is 343 g/mol. The molecule has 3 aromatic rings. The molecule has 0 bridgehead atoms. The normalized spacial score (nSPS) is 11.8. The maximum absolute atomic E-state index is 12.3. The van der Waals surface area contributed by atoms with Gasteiger partial charge in [-0.25, -0.2) is 4.98 Å². The van der Waals surface area contributed by atoms with Crippen LogP contribution in [0.15, 0.2) is 48.2 Å². The highest BCUT2D eigenvalue weighted by Gasteiger charge is 2.14. The quantitative estimate of drug-likeness (QED) is 0.412. The standard InChI is InChI=1S/C15H13N5O3S/c1-3-7-19-11-5-4-10(20(22)23)9-12(11)24-15(19)17-14(21)13-16-6-8-18(13)2/h3-6,8-9H,1,7H2,2H3. The molecule has 1 aromatic carbocycles. The van der Waals surface area contributed by atoms with Crippen LogP contribution in [0.4, 0.5) is 5.69 Å². The SMILES string of the molecule is C=CCn1c(=NC(=O)c2nccn2C)sc2cc([N+](=O)[O-])ccc21. The number of carbonyl (C=O) groups excluding carboxylic acids is 1. The largest absolute Gasteiger partial charge is 0.330 e. The van der Waals surface area contributed by atoms with E-state index in [0.717, 1.165) is 5.52 Å². The molecular formula is C15H13N5O3S. The van der Waals surface area contributed by atoms with Gasteiger partial charge in [0.05, 0.1) is 15.1 Å². The van der Waals surface area contributed by atoms with E-state index >= 15 is 0 Å². The highest BCUT2D eigenvalue weighted by molar-refractivity contribution is 7.16. The number of thiazole rings is 1. The molecule has 0 unspecified atom stereocenters. The van der Waals surface area contributed by atoms with Crippen LogP contribution in [0.5, 0.6) is 0 Å². The molecule has 8 nitrogen and oxygen atoms in total. The zero-order chi connectivity index (χ0) is 17.3. The summed E-state index contributed by atoms with van der Waals surface area (Å²) in [6.45, 7) is 4.14. The van der Waals surface area contributed by atoms with Gasteiger partial charge in [-0.3, -0.25) is 14.9 Å². The summed E-state index contributed by atoms with van der Waals surface area (Å²) in [7, 11) is 1.71. The Kier molecular flexibility index (Phi) is 4.09. The van der Waals surface area contributed by atoms with Gasteiger partial charge in [-0.15, -0.1) is 6.58 Å². The Balaban J connectivity index is 2.19. The van der Waals surface area contributed by atoms with Crippen molar-refractivity contribution in [1.29, 1.82) is 0 Å². The average Bonchev–Trinajstić information content (AvgIpc) is 3.11. The van der Waals surface area contributed by atoms with Crippen molar-refractivity contribution in [2.75, 3.05) is 0 Å². The highest BCUT2D eigenvalue weighted by atomic mass is 32.1. The first-order chi connectivity index (χ1) is 11.5. The molecule has 1 amide bonds. The zero-order valence-corrected chi connectivity index (χ0v) is 13.6. The van der Waals surface area contributed by atoms with Gasteiger partial charge in [0.15, 0.2) is 4.80 Å². The molecule has 0 N–H and O–H groups in total. The number of amides is 1. The maximum atomic E-state index is 12.3. The molecule has 0 spiro atoms. The lowest BCUT2D eigenvalue weighted by molar-refractivity contribution is -0.384. The van der Waals surface area contributed by atoms with Crippen molar-refractivity contribution in [3.63, 3.8) is 0 Å². The minimum atomic E-state index is -0.471. The van der Waals surface area contributed by atoms with Crippen molar-refractivity contribution in [3.05, 3.63) is 64.0 Å². The van der Waals surface area contributed by atoms with E-state index < -0.39 is 10.8 Å². The number of nitro benzene ring substituents is 1. The van der Waals surface area contributed by atoms with Crippen molar-refractivity contribution in [2.24, 2.45) is 12.0 Å². The average molecular weight is 343 g/mol. The first-order valence-electron chi connectivity index (χ1n) is 6.96. The number of nitrogens with zero attached hydrogens (tertiary/aromatic N) is 5. The van der Waals surface area contributed by atoms with E-state index in [0.29, 0.717) is 16.0 Å². The van der Waals surface area contributed by atoms with E-state index in [1.54, 1.807) is 34.5 Å². The third-order valence-electron chi connectivity index (χ3n) is 3.40. The second-order valence-electron chi connectivity index (χ2n) is 4.97. The zero-order valence-electron chi connectivity index (χ0n) is 12.7. The van der Waals surface area contributed by atoms with Crippen LogP contribution in [0.25, 0.3) is 10.2 Å². The third-order valence-corrected chi connectivity index (χ3v) is 4.44. The molecule has 0 atom stereocenters. The van der Waals surface area contributed by atoms with Crippen molar-refractivity contribution < 1.29 is 9.72 Å². The molecular weight excluding hydrogens is 330 g/mol. The highest BCUT2D eigenvalue weighted by Crippen LogP contribution is 2.23. The smallest absolute Gasteiger partial charge is 0.315 e. The number of hydrogen-bond acceptors (Lipinski definition) is 5. The Bertz CT molecular complexity index is 1030. The van der Waals surface area contributed by atoms with Crippen LogP contribution >= 0.6 is 11.3 Å². The lowest BCUT2D eigenvalue weighted by Gasteiger charge is -2.00. The van der Waals surface area contributed by atoms with Crippen molar-refractivity contribution in [3.8, 4) is 0 Å². The van der Waals surface area contributed by atoms with E-state index in [-0.39, 0.29) is 11.5 Å². The summed E-state index contributed by atoms with van der Waals surface area (Å²) in [6, 6.07) is 4.56. The van der Waals surface area contributed by atoms with E-state index in [9.17, 15) is 14.9 Å². The molecule has 122 valence electrons. The van der Waals surface area contributed by atoms with Crippen LogP contribution in [0, 0.1) is 10.1 Å². The Labute approximate surface area is 140 Å². The fourth-order valence-corrected chi connectivity index (χ4v) is 3.35. The number of imidazole rings is 1. The molecule has 0 aliphatic rings. The van der Waals surface area contributed by atoms with Gasteiger partial charge in [-0.1, -0.05) is 17.4 Å². The summed E-state index contributed by atoms with van der Waals surface area (Å²) in [4.78, 5) is 31.4. The number of nitro groups is 1. The second-order valence-corrected chi connectivity index (χ2v) is 5.98. The number of aromatic nitrogens is 3. The van der Waals surface area contributed by atoms with Crippen LogP contribution in [-0.4, -0.2) is 24.9 Å². The van der Waals surface area contributed by atoms with E-state index in [4.69, 9.17) is 0 Å². The predicted octanol–water partition coefficient (Wildman–Crippen LogP) is 2.27. The fraction of sp³-hybridized carbons (Fsp3) is 0.133. The number of non-ortho nitro benzene ring substituents is 1. The number of aryl methyl sites for hydroxylation is 1. The first-order valence-corrected chi connectivity index (χ1v) is 7.78. The van der Waals surface area contributed by atoms with Gasteiger partial charge >= 0.3 is 5.91 Å². The topological polar surface area (TPSA) is 95.3 Å². The molecule has 0 aliphatic heterocycles. The van der Waals surface area contributed by atoms with E-state index in [1.165, 1.54) is 29.7 Å². The van der Waals surface area contributed by atoms with Gasteiger partial charge in [0.2, 0.25) is 5.82 Å². The maximum Gasteiger partial charge on any atom is 0.315 e. The molecule has 3 rings (SSSR count). The van der Waals surface area contributed by atoms with E-state index in [1.807, 2.05) is 0 Å². The number of fused-ring (bicyclic) bond motifs is 1. The van der Waals surface area contributed by atoms with Crippen molar-refractivity contribution in [2.45, 2.75) is 6.54 Å². The number of rotatable bonds is 4. The van der Waals surface area contributed by atoms with Crippen LogP contribution in [-0.2, 0) is 13.6 Å². The van der Waals surface area contributed by atoms with Crippen LogP contribution in [0.3, 0.4) is 0 Å². The van der Waals surface area contributed by atoms with Crippen LogP contribution < -0.4 is 4.80 Å². The number of allylic oxidation sites excluding steroid dienone is 1. The summed E-state index contributed by atoms with van der Waals surface area (Å²) in [5, 5.41) is 10.9. The van der Waals surface area contributed by atoms with Crippen LogP contribution in [0.2, 0.25) is 0 Å². The molecule has 24 heavy (non-hydrogen) atoms. The third kappa shape index (κ3) is 2.76. The van der Waals surface area contributed by atoms with Crippen molar-refractivity contribution >= 4 is 33.1 Å². The predicted molar refractivity (Wildman–Crippen MR) is 89.8 cm³/mol. The lowest BCUT2D eigenvalue weighted by atomic mass is 10.3. The molecule has 0 saturated carbocycles. The molecule has 2 heterocycles. The minimum Gasteiger partial charge on any atom is -0.330 e. The minimum absolute atomic E-state index is 0.00326. The summed E-state index contributed by atoms with van der Waals surface area (Å²) in [5.41, 5.74) is 0.758. The molecule has 0 aliphatic carbocycles. The Hall–Kier alpha value is -3.07. The van der Waals surface area contributed by atoms with E-state index in [2.05, 4.69) is 16.6 Å². The number of hydrogen-bond donors (Lipinski definition) is 0. The molecule has 0 fully saturated rings. The van der Waals surface area contributed by atoms with Gasteiger partial charge in [-0.05, 0) is 6.07 Å². The second kappa shape index (κ2) is 6.20. The van der Waals surface area contributed by atoms with Gasteiger partial charge in [0, 0.05) is 38.1 Å². The van der Waals surface area contributed by atoms with Gasteiger partial charge in [-0.2, -0.15) is 4.99 Å². The number of carbonyl (C=O) groups is 1. The summed E-state index contributed by atoms with van der Waals surface area (Å²) < 4.78 is 4.05. The summed E-state index contributed by atoms with van der Waals surface area (Å²) >= 11 is 1.21. The molecule has 0 saturated heterocycles. The summed E-state index contributed by atoms with van der Waals surface area (Å²) in [6.07, 6.45) is 4.86. The van der Waals surface area contributed by atoms with Gasteiger partial charge in [0.1, 0.15) is 0 Å². The molecule has 9 heteroatoms. The lowest BCUT2D eigenvalue weighted by Crippen LogP contribution is -2.17. The van der Waals surface area contributed by atoms with Gasteiger partial charge in [0.25, 0.3) is 5.69 Å². The first kappa shape index (κ1) is 15.8. The Morgan fingerprint density at radius 1 is 1.54 bits per heavy atom. The number of benzene rings is 1. The Morgan fingerprint density at radius 3 is 2.96 bits per heavy atom. The fourth-order valence-electron chi connectivity index (χ4n) is 2.27. The summed E-state index contributed by atoms with van der Waals surface area (Å²) in [5.74, 6) is -0.245. The molecule has 0 radical (unpaired) electrons. The van der Waals surface area contributed by atoms with Crippen molar-refractivity contribution in [1.82, 2.24) is 14.1 Å².